The van der Waals surface area contributed by atoms with Gasteiger partial charge in [0.05, 0.1) is 19.1 Å². The maximum absolute atomic E-state index is 13.1. The number of carbonyl (C=O) groups excluding carboxylic acids is 2. The highest BCUT2D eigenvalue weighted by Crippen LogP contribution is 2.30. The molecule has 0 spiro atoms. The van der Waals surface area contributed by atoms with Crippen molar-refractivity contribution in [3.63, 3.8) is 0 Å². The SMILES string of the molecule is CCCCNC(=O)[C@@H](C)N(Cc1cccc(OC)c1)C(=O)COc1ccc([N+](=O)[O-])c(OC)c1. The van der Waals surface area contributed by atoms with Gasteiger partial charge in [0.1, 0.15) is 17.5 Å². The van der Waals surface area contributed by atoms with E-state index in [0.717, 1.165) is 18.4 Å². The monoisotopic (exact) mass is 473 g/mol. The molecule has 34 heavy (non-hydrogen) atoms. The molecule has 1 atom stereocenters. The molecule has 0 radical (unpaired) electrons. The van der Waals surface area contributed by atoms with Crippen molar-refractivity contribution < 1.29 is 28.7 Å². The maximum atomic E-state index is 13.1. The van der Waals surface area contributed by atoms with Crippen molar-refractivity contribution in [2.45, 2.75) is 39.3 Å². The van der Waals surface area contributed by atoms with Crippen LogP contribution < -0.4 is 19.5 Å². The van der Waals surface area contributed by atoms with Gasteiger partial charge in [0.15, 0.2) is 6.61 Å². The van der Waals surface area contributed by atoms with E-state index in [1.54, 1.807) is 26.2 Å². The number of hydrogen-bond acceptors (Lipinski definition) is 7. The molecule has 0 saturated carbocycles. The Morgan fingerprint density at radius 1 is 1.12 bits per heavy atom. The molecule has 0 aliphatic carbocycles. The van der Waals surface area contributed by atoms with E-state index in [9.17, 15) is 19.7 Å². The van der Waals surface area contributed by atoms with Crippen LogP contribution in [-0.4, -0.2) is 55.1 Å². The van der Waals surface area contributed by atoms with Gasteiger partial charge in [-0.05, 0) is 37.1 Å². The summed E-state index contributed by atoms with van der Waals surface area (Å²) in [6, 6.07) is 10.5. The maximum Gasteiger partial charge on any atom is 0.311 e. The highest BCUT2D eigenvalue weighted by atomic mass is 16.6. The molecular formula is C24H31N3O7. The first-order chi connectivity index (χ1) is 16.3. The Balaban J connectivity index is 2.18. The first kappa shape index (κ1) is 26.4. The van der Waals surface area contributed by atoms with Gasteiger partial charge in [-0.2, -0.15) is 0 Å². The van der Waals surface area contributed by atoms with Gasteiger partial charge in [-0.15, -0.1) is 0 Å². The number of hydrogen-bond donors (Lipinski definition) is 1. The van der Waals surface area contributed by atoms with Gasteiger partial charge in [0.25, 0.3) is 5.91 Å². The van der Waals surface area contributed by atoms with Crippen LogP contribution >= 0.6 is 0 Å². The number of carbonyl (C=O) groups is 2. The zero-order valence-corrected chi connectivity index (χ0v) is 19.9. The fourth-order valence-corrected chi connectivity index (χ4v) is 3.21. The molecule has 0 aliphatic heterocycles. The van der Waals surface area contributed by atoms with Crippen molar-refractivity contribution in [2.24, 2.45) is 0 Å². The van der Waals surface area contributed by atoms with E-state index in [4.69, 9.17) is 14.2 Å². The molecule has 10 nitrogen and oxygen atoms in total. The lowest BCUT2D eigenvalue weighted by atomic mass is 10.1. The second-order valence-corrected chi connectivity index (χ2v) is 7.57. The number of nitrogens with zero attached hydrogens (tertiary/aromatic N) is 2. The molecule has 184 valence electrons. The minimum atomic E-state index is -0.745. The Kier molecular flexibility index (Phi) is 10.1. The number of amides is 2. The number of ether oxygens (including phenoxy) is 3. The molecule has 1 N–H and O–H groups in total. The van der Waals surface area contributed by atoms with Gasteiger partial charge in [0.2, 0.25) is 11.7 Å². The predicted molar refractivity (Wildman–Crippen MR) is 126 cm³/mol. The van der Waals surface area contributed by atoms with E-state index in [0.29, 0.717) is 12.3 Å². The highest BCUT2D eigenvalue weighted by Gasteiger charge is 2.27. The fraction of sp³-hybridized carbons (Fsp3) is 0.417. The topological polar surface area (TPSA) is 120 Å². The van der Waals surface area contributed by atoms with E-state index < -0.39 is 16.9 Å². The standard InChI is InChI=1S/C24H31N3O7/c1-5-6-12-25-24(29)17(2)26(15-18-8-7-9-19(13-18)32-3)23(28)16-34-20-10-11-21(27(30)31)22(14-20)33-4/h7-11,13-14,17H,5-6,12,15-16H2,1-4H3,(H,25,29)/t17-/m1/s1. The Morgan fingerprint density at radius 3 is 2.53 bits per heavy atom. The lowest BCUT2D eigenvalue weighted by Gasteiger charge is -2.29. The number of rotatable bonds is 13. The number of benzene rings is 2. The van der Waals surface area contributed by atoms with Crippen LogP contribution in [0.4, 0.5) is 5.69 Å². The van der Waals surface area contributed by atoms with E-state index >= 15 is 0 Å². The summed E-state index contributed by atoms with van der Waals surface area (Å²) in [4.78, 5) is 37.8. The first-order valence-electron chi connectivity index (χ1n) is 11.0. The number of methoxy groups -OCH3 is 2. The van der Waals surface area contributed by atoms with Crippen LogP contribution in [0, 0.1) is 10.1 Å². The van der Waals surface area contributed by atoms with Crippen molar-refractivity contribution in [1.29, 1.82) is 0 Å². The van der Waals surface area contributed by atoms with Gasteiger partial charge < -0.3 is 24.4 Å². The van der Waals surface area contributed by atoms with E-state index in [1.165, 1.54) is 30.2 Å². The quantitative estimate of drug-likeness (QED) is 0.269. The number of nitrogens with one attached hydrogen (secondary N) is 1. The third-order valence-corrected chi connectivity index (χ3v) is 5.19. The van der Waals surface area contributed by atoms with Crippen LogP contribution in [0.1, 0.15) is 32.3 Å². The molecule has 0 fully saturated rings. The minimum Gasteiger partial charge on any atom is -0.497 e. The molecular weight excluding hydrogens is 442 g/mol. The van der Waals surface area contributed by atoms with Crippen LogP contribution in [0.15, 0.2) is 42.5 Å². The molecule has 0 saturated heterocycles. The minimum absolute atomic E-state index is 0.0202. The number of unbranched alkanes of at least 4 members (excludes halogenated alkanes) is 1. The third-order valence-electron chi connectivity index (χ3n) is 5.19. The van der Waals surface area contributed by atoms with Gasteiger partial charge in [-0.3, -0.25) is 19.7 Å². The molecule has 0 unspecified atom stereocenters. The average molecular weight is 474 g/mol. The molecule has 0 bridgehead atoms. The van der Waals surface area contributed by atoms with Crippen LogP contribution in [0.3, 0.4) is 0 Å². The molecule has 2 rings (SSSR count). The second kappa shape index (κ2) is 13.0. The van der Waals surface area contributed by atoms with Crippen molar-refractivity contribution in [3.8, 4) is 17.2 Å². The number of nitro groups is 1. The van der Waals surface area contributed by atoms with Gasteiger partial charge >= 0.3 is 5.69 Å². The highest BCUT2D eigenvalue weighted by molar-refractivity contribution is 5.88. The molecule has 2 aromatic rings. The zero-order chi connectivity index (χ0) is 25.1. The summed E-state index contributed by atoms with van der Waals surface area (Å²) in [5.41, 5.74) is 0.580. The van der Waals surface area contributed by atoms with Gasteiger partial charge in [0, 0.05) is 25.2 Å². The normalized spacial score (nSPS) is 11.3. The second-order valence-electron chi connectivity index (χ2n) is 7.57. The summed E-state index contributed by atoms with van der Waals surface area (Å²) >= 11 is 0. The zero-order valence-electron chi connectivity index (χ0n) is 19.9. The smallest absolute Gasteiger partial charge is 0.311 e. The Bertz CT molecular complexity index is 996. The van der Waals surface area contributed by atoms with Gasteiger partial charge in [-0.1, -0.05) is 25.5 Å². The molecule has 2 amide bonds. The van der Waals surface area contributed by atoms with Gasteiger partial charge in [-0.25, -0.2) is 0 Å². The molecule has 0 heterocycles. The molecule has 2 aromatic carbocycles. The Labute approximate surface area is 198 Å². The first-order valence-corrected chi connectivity index (χ1v) is 11.0. The number of nitro benzene ring substituents is 1. The van der Waals surface area contributed by atoms with Crippen molar-refractivity contribution in [1.82, 2.24) is 10.2 Å². The van der Waals surface area contributed by atoms with E-state index in [2.05, 4.69) is 5.32 Å². The summed E-state index contributed by atoms with van der Waals surface area (Å²) in [5, 5.41) is 13.9. The summed E-state index contributed by atoms with van der Waals surface area (Å²) in [6.07, 6.45) is 1.78. The van der Waals surface area contributed by atoms with E-state index in [-0.39, 0.29) is 36.2 Å². The average Bonchev–Trinajstić information content (AvgIpc) is 2.85. The molecule has 0 aromatic heterocycles. The fourth-order valence-electron chi connectivity index (χ4n) is 3.21. The Morgan fingerprint density at radius 2 is 1.88 bits per heavy atom. The van der Waals surface area contributed by atoms with Crippen LogP contribution in [-0.2, 0) is 16.1 Å². The van der Waals surface area contributed by atoms with E-state index in [1.807, 2.05) is 19.1 Å². The largest absolute Gasteiger partial charge is 0.497 e. The lowest BCUT2D eigenvalue weighted by Crippen LogP contribution is -2.49. The van der Waals surface area contributed by atoms with Crippen molar-refractivity contribution >= 4 is 17.5 Å². The molecule has 0 aliphatic rings. The summed E-state index contributed by atoms with van der Waals surface area (Å²) in [7, 11) is 2.87. The predicted octanol–water partition coefficient (Wildman–Crippen LogP) is 3.32. The van der Waals surface area contributed by atoms with Crippen LogP contribution in [0.2, 0.25) is 0 Å². The summed E-state index contributed by atoms with van der Waals surface area (Å²) in [6.45, 7) is 4.02. The van der Waals surface area contributed by atoms with Crippen molar-refractivity contribution in [3.05, 3.63) is 58.1 Å². The Hall–Kier alpha value is -3.82. The summed E-state index contributed by atoms with van der Waals surface area (Å²) < 4.78 is 15.9. The summed E-state index contributed by atoms with van der Waals surface area (Å²) in [5.74, 6) is 0.211. The lowest BCUT2D eigenvalue weighted by molar-refractivity contribution is -0.385. The third kappa shape index (κ3) is 7.36. The van der Waals surface area contributed by atoms with Crippen LogP contribution in [0.5, 0.6) is 17.2 Å². The molecule has 10 heteroatoms. The van der Waals surface area contributed by atoms with Crippen molar-refractivity contribution in [2.75, 3.05) is 27.4 Å². The van der Waals surface area contributed by atoms with Crippen LogP contribution in [0.25, 0.3) is 0 Å².